The summed E-state index contributed by atoms with van der Waals surface area (Å²) in [6.45, 7) is 5.25. The van der Waals surface area contributed by atoms with Crippen molar-refractivity contribution in [3.63, 3.8) is 0 Å². The Hall–Kier alpha value is -3.24. The molecule has 0 aliphatic carbocycles. The summed E-state index contributed by atoms with van der Waals surface area (Å²) in [7, 11) is 1.61. The van der Waals surface area contributed by atoms with E-state index in [1.54, 1.807) is 19.4 Å². The van der Waals surface area contributed by atoms with Crippen LogP contribution in [-0.2, 0) is 17.8 Å². The molecule has 0 aliphatic heterocycles. The van der Waals surface area contributed by atoms with Gasteiger partial charge >= 0.3 is 0 Å². The second-order valence-electron chi connectivity index (χ2n) is 7.77. The number of H-pyrrole nitrogens is 1. The molecule has 4 aromatic rings. The molecule has 0 unspecified atom stereocenters. The number of hydrogen-bond donors (Lipinski definition) is 2. The second kappa shape index (κ2) is 11.3. The van der Waals surface area contributed by atoms with Gasteiger partial charge in [0.1, 0.15) is 22.2 Å². The maximum Gasteiger partial charge on any atom is 0.260 e. The molecular formula is C25H27N3O5S. The first-order chi connectivity index (χ1) is 16.6. The van der Waals surface area contributed by atoms with Crippen molar-refractivity contribution in [2.24, 2.45) is 0 Å². The van der Waals surface area contributed by atoms with E-state index < -0.39 is 6.10 Å². The molecule has 0 spiro atoms. The summed E-state index contributed by atoms with van der Waals surface area (Å²) < 4.78 is 16.3. The fourth-order valence-corrected chi connectivity index (χ4v) is 4.75. The molecule has 0 fully saturated rings. The molecule has 178 valence electrons. The van der Waals surface area contributed by atoms with E-state index in [-0.39, 0.29) is 12.2 Å². The Morgan fingerprint density at radius 3 is 2.88 bits per heavy atom. The van der Waals surface area contributed by atoms with Gasteiger partial charge in [0.2, 0.25) is 0 Å². The Morgan fingerprint density at radius 2 is 2.12 bits per heavy atom. The molecule has 4 rings (SSSR count). The van der Waals surface area contributed by atoms with E-state index in [9.17, 15) is 9.90 Å². The third-order valence-electron chi connectivity index (χ3n) is 5.24. The lowest BCUT2D eigenvalue weighted by Gasteiger charge is -2.23. The number of aliphatic hydroxyl groups is 1. The van der Waals surface area contributed by atoms with E-state index in [1.807, 2.05) is 46.7 Å². The van der Waals surface area contributed by atoms with Crippen molar-refractivity contribution < 1.29 is 19.0 Å². The number of benzene rings is 1. The summed E-state index contributed by atoms with van der Waals surface area (Å²) in [5, 5.41) is 12.9. The van der Waals surface area contributed by atoms with Crippen LogP contribution >= 0.6 is 11.3 Å². The van der Waals surface area contributed by atoms with Crippen LogP contribution in [0.4, 0.5) is 0 Å². The van der Waals surface area contributed by atoms with Gasteiger partial charge in [-0.25, -0.2) is 4.98 Å². The summed E-state index contributed by atoms with van der Waals surface area (Å²) in [4.78, 5) is 23.3. The van der Waals surface area contributed by atoms with Crippen LogP contribution in [-0.4, -0.2) is 52.9 Å². The van der Waals surface area contributed by atoms with Crippen LogP contribution in [0.1, 0.15) is 11.6 Å². The predicted octanol–water partition coefficient (Wildman–Crippen LogP) is 3.82. The number of fused-ring (bicyclic) bond motifs is 1. The van der Waals surface area contributed by atoms with E-state index >= 15 is 0 Å². The number of hydrogen-bond acceptors (Lipinski definition) is 8. The average molecular weight is 482 g/mol. The van der Waals surface area contributed by atoms with Gasteiger partial charge in [0.25, 0.3) is 5.56 Å². The number of methoxy groups -OCH3 is 1. The average Bonchev–Trinajstić information content (AvgIpc) is 3.49. The zero-order valence-electron chi connectivity index (χ0n) is 18.9. The van der Waals surface area contributed by atoms with Crippen LogP contribution in [0, 0.1) is 0 Å². The summed E-state index contributed by atoms with van der Waals surface area (Å²) >= 11 is 1.41. The number of rotatable bonds is 12. The molecule has 2 N–H and O–H groups in total. The molecule has 0 bridgehead atoms. The third-order valence-corrected chi connectivity index (χ3v) is 6.11. The minimum Gasteiger partial charge on any atom is -0.496 e. The molecule has 3 heterocycles. The van der Waals surface area contributed by atoms with E-state index in [1.165, 1.54) is 11.3 Å². The fraction of sp³-hybridized carbons (Fsp3) is 0.280. The summed E-state index contributed by atoms with van der Waals surface area (Å²) in [6, 6.07) is 11.3. The number of nitrogens with one attached hydrogen (secondary N) is 1. The summed E-state index contributed by atoms with van der Waals surface area (Å²) in [6.07, 6.45) is 2.52. The number of nitrogens with zero attached hydrogens (tertiary/aromatic N) is 2. The maximum atomic E-state index is 13.1. The molecule has 0 saturated carbocycles. The molecule has 3 aromatic heterocycles. The fourth-order valence-electron chi connectivity index (χ4n) is 3.79. The highest BCUT2D eigenvalue weighted by Crippen LogP contribution is 2.36. The Bertz CT molecular complexity index is 1280. The Kier molecular flexibility index (Phi) is 7.91. The molecule has 1 atom stereocenters. The van der Waals surface area contributed by atoms with Gasteiger partial charge in [-0.1, -0.05) is 24.3 Å². The molecular weight excluding hydrogens is 454 g/mol. The van der Waals surface area contributed by atoms with Crippen LogP contribution in [0.5, 0.6) is 5.75 Å². The minimum absolute atomic E-state index is 0.177. The summed E-state index contributed by atoms with van der Waals surface area (Å²) in [5.41, 5.74) is 1.42. The molecule has 34 heavy (non-hydrogen) atoms. The third kappa shape index (κ3) is 5.63. The Labute approximate surface area is 201 Å². The molecule has 0 amide bonds. The number of aliphatic hydroxyl groups excluding tert-OH is 1. The van der Waals surface area contributed by atoms with Gasteiger partial charge in [0.15, 0.2) is 0 Å². The zero-order chi connectivity index (χ0) is 23.9. The topological polar surface area (TPSA) is 101 Å². The second-order valence-corrected chi connectivity index (χ2v) is 8.63. The van der Waals surface area contributed by atoms with Crippen molar-refractivity contribution in [2.45, 2.75) is 19.2 Å². The number of thiophene rings is 1. The highest BCUT2D eigenvalue weighted by molar-refractivity contribution is 7.17. The zero-order valence-corrected chi connectivity index (χ0v) is 19.7. The first-order valence-electron chi connectivity index (χ1n) is 10.8. The van der Waals surface area contributed by atoms with Crippen molar-refractivity contribution in [3.05, 3.63) is 82.6 Å². The van der Waals surface area contributed by atoms with E-state index in [4.69, 9.17) is 18.9 Å². The van der Waals surface area contributed by atoms with Gasteiger partial charge < -0.3 is 24.0 Å². The van der Waals surface area contributed by atoms with E-state index in [0.717, 1.165) is 16.9 Å². The normalized spacial score (nSPS) is 12.3. The highest BCUT2D eigenvalue weighted by atomic mass is 32.1. The van der Waals surface area contributed by atoms with E-state index in [0.29, 0.717) is 48.0 Å². The van der Waals surface area contributed by atoms with Crippen molar-refractivity contribution in [1.82, 2.24) is 14.9 Å². The van der Waals surface area contributed by atoms with Crippen molar-refractivity contribution in [1.29, 1.82) is 0 Å². The predicted molar refractivity (Wildman–Crippen MR) is 132 cm³/mol. The van der Waals surface area contributed by atoms with Crippen LogP contribution in [0.3, 0.4) is 0 Å². The smallest absolute Gasteiger partial charge is 0.260 e. The molecule has 0 saturated heterocycles. The van der Waals surface area contributed by atoms with Crippen LogP contribution < -0.4 is 10.3 Å². The number of para-hydroxylation sites is 1. The van der Waals surface area contributed by atoms with Crippen LogP contribution in [0.15, 0.2) is 69.9 Å². The van der Waals surface area contributed by atoms with Gasteiger partial charge in [0, 0.05) is 23.1 Å². The lowest BCUT2D eigenvalue weighted by atomic mass is 10.1. The van der Waals surface area contributed by atoms with Gasteiger partial charge in [0.05, 0.1) is 51.2 Å². The van der Waals surface area contributed by atoms with Gasteiger partial charge in [-0.2, -0.15) is 0 Å². The van der Waals surface area contributed by atoms with Gasteiger partial charge in [-0.15, -0.1) is 17.9 Å². The van der Waals surface area contributed by atoms with Crippen LogP contribution in [0.2, 0.25) is 0 Å². The number of aromatic amines is 1. The standard InChI is InChI=1S/C25H27N3O5S/c1-3-10-32-15-17(29)12-28(13-18-7-6-11-33-18)14-22-26-24(30)23-20(16-34-25(23)27-22)19-8-4-5-9-21(19)31-2/h3-9,11,16-17,29H,1,10,12-15H2,2H3,(H,26,27,30)/t17-/m0/s1. The lowest BCUT2D eigenvalue weighted by molar-refractivity contribution is 0.0210. The Morgan fingerprint density at radius 1 is 1.26 bits per heavy atom. The van der Waals surface area contributed by atoms with Crippen molar-refractivity contribution >= 4 is 21.6 Å². The monoisotopic (exact) mass is 481 g/mol. The summed E-state index contributed by atoms with van der Waals surface area (Å²) in [5.74, 6) is 1.96. The number of aromatic nitrogens is 2. The molecule has 1 aromatic carbocycles. The molecule has 9 heteroatoms. The van der Waals surface area contributed by atoms with Gasteiger partial charge in [-0.3, -0.25) is 9.69 Å². The first kappa shape index (κ1) is 23.9. The van der Waals surface area contributed by atoms with Gasteiger partial charge in [-0.05, 0) is 18.2 Å². The number of furan rings is 1. The first-order valence-corrected chi connectivity index (χ1v) is 11.7. The Balaban J connectivity index is 1.59. The van der Waals surface area contributed by atoms with Crippen molar-refractivity contribution in [3.8, 4) is 16.9 Å². The minimum atomic E-state index is -0.718. The molecule has 8 nitrogen and oxygen atoms in total. The SMILES string of the molecule is C=CCOC[C@@H](O)CN(Cc1nc2scc(-c3ccccc3OC)c2c(=O)[nH]1)Cc1ccco1. The highest BCUT2D eigenvalue weighted by Gasteiger charge is 2.19. The van der Waals surface area contributed by atoms with E-state index in [2.05, 4.69) is 11.6 Å². The number of ether oxygens (including phenoxy) is 2. The maximum absolute atomic E-state index is 13.1. The van der Waals surface area contributed by atoms with Crippen molar-refractivity contribution in [2.75, 3.05) is 26.9 Å². The lowest BCUT2D eigenvalue weighted by Crippen LogP contribution is -2.35. The van der Waals surface area contributed by atoms with Crippen LogP contribution in [0.25, 0.3) is 21.3 Å². The quantitative estimate of drug-likeness (QED) is 0.234. The molecule has 0 radical (unpaired) electrons. The molecule has 0 aliphatic rings. The largest absolute Gasteiger partial charge is 0.496 e.